The lowest BCUT2D eigenvalue weighted by Crippen LogP contribution is -2.17. The van der Waals surface area contributed by atoms with Crippen LogP contribution in [0, 0.1) is 5.92 Å². The van der Waals surface area contributed by atoms with Crippen LogP contribution in [-0.2, 0) is 6.42 Å². The first-order valence-corrected chi connectivity index (χ1v) is 4.86. The van der Waals surface area contributed by atoms with Crippen LogP contribution in [0.3, 0.4) is 0 Å². The summed E-state index contributed by atoms with van der Waals surface area (Å²) in [6.45, 7) is 2.10. The maximum Gasteiger partial charge on any atom is 0.163 e. The minimum absolute atomic E-state index is 0.255. The summed E-state index contributed by atoms with van der Waals surface area (Å²) in [7, 11) is 0. The van der Waals surface area contributed by atoms with Crippen molar-refractivity contribution in [2.24, 2.45) is 5.92 Å². The van der Waals surface area contributed by atoms with Crippen LogP contribution in [0.15, 0.2) is 18.2 Å². The fourth-order valence-electron chi connectivity index (χ4n) is 1.88. The van der Waals surface area contributed by atoms with Crippen molar-refractivity contribution in [3.63, 3.8) is 0 Å². The van der Waals surface area contributed by atoms with Gasteiger partial charge in [0.15, 0.2) is 5.78 Å². The molecule has 1 aliphatic carbocycles. The molecule has 68 valence electrons. The summed E-state index contributed by atoms with van der Waals surface area (Å²) < 4.78 is 0. The molecule has 1 aromatic rings. The molecule has 2 heteroatoms. The number of ketones is 1. The van der Waals surface area contributed by atoms with E-state index in [0.717, 1.165) is 22.6 Å². The van der Waals surface area contributed by atoms with Crippen molar-refractivity contribution in [2.75, 3.05) is 0 Å². The van der Waals surface area contributed by atoms with Crippen LogP contribution in [0.25, 0.3) is 0 Å². The van der Waals surface area contributed by atoms with Gasteiger partial charge in [0, 0.05) is 17.0 Å². The predicted molar refractivity (Wildman–Crippen MR) is 53.3 cm³/mol. The first kappa shape index (κ1) is 8.76. The highest BCUT2D eigenvalue weighted by Crippen LogP contribution is 2.27. The average Bonchev–Trinajstić information content (AvgIpc) is 2.02. The van der Waals surface area contributed by atoms with Crippen LogP contribution in [0.1, 0.15) is 29.3 Å². The largest absolute Gasteiger partial charge is 0.294 e. The van der Waals surface area contributed by atoms with Gasteiger partial charge in [-0.3, -0.25) is 4.79 Å². The van der Waals surface area contributed by atoms with Gasteiger partial charge < -0.3 is 0 Å². The van der Waals surface area contributed by atoms with E-state index in [2.05, 4.69) is 6.92 Å². The van der Waals surface area contributed by atoms with Crippen molar-refractivity contribution in [3.05, 3.63) is 34.3 Å². The lowest BCUT2D eigenvalue weighted by atomic mass is 9.84. The molecule has 1 nitrogen and oxygen atoms in total. The van der Waals surface area contributed by atoms with Crippen molar-refractivity contribution in [1.29, 1.82) is 0 Å². The minimum atomic E-state index is 0.255. The molecule has 0 radical (unpaired) electrons. The topological polar surface area (TPSA) is 17.1 Å². The van der Waals surface area contributed by atoms with Crippen LogP contribution in [0.2, 0.25) is 5.02 Å². The first-order valence-electron chi connectivity index (χ1n) is 4.48. The molecular formula is C11H11ClO. The van der Waals surface area contributed by atoms with Gasteiger partial charge in [0.1, 0.15) is 0 Å². The predicted octanol–water partition coefficient (Wildman–Crippen LogP) is 3.11. The molecule has 1 atom stereocenters. The lowest BCUT2D eigenvalue weighted by Gasteiger charge is -2.20. The molecule has 0 N–H and O–H groups in total. The maximum atomic E-state index is 11.6. The molecule has 1 unspecified atom stereocenters. The Morgan fingerprint density at radius 2 is 2.15 bits per heavy atom. The summed E-state index contributed by atoms with van der Waals surface area (Å²) >= 11 is 5.86. The maximum absolute atomic E-state index is 11.6. The van der Waals surface area contributed by atoms with E-state index in [1.807, 2.05) is 12.1 Å². The molecule has 0 spiro atoms. The van der Waals surface area contributed by atoms with Crippen molar-refractivity contribution < 1.29 is 4.79 Å². The van der Waals surface area contributed by atoms with E-state index in [1.54, 1.807) is 6.07 Å². The second kappa shape index (κ2) is 3.15. The number of rotatable bonds is 0. The van der Waals surface area contributed by atoms with Crippen LogP contribution in [0.5, 0.6) is 0 Å². The fourth-order valence-corrected chi connectivity index (χ4v) is 2.07. The van der Waals surface area contributed by atoms with Crippen LogP contribution in [0.4, 0.5) is 0 Å². The van der Waals surface area contributed by atoms with Gasteiger partial charge >= 0.3 is 0 Å². The molecule has 2 rings (SSSR count). The average molecular weight is 195 g/mol. The Morgan fingerprint density at radius 3 is 2.92 bits per heavy atom. The highest BCUT2D eigenvalue weighted by atomic mass is 35.5. The van der Waals surface area contributed by atoms with E-state index in [0.29, 0.717) is 12.3 Å². The molecule has 0 fully saturated rings. The van der Waals surface area contributed by atoms with E-state index < -0.39 is 0 Å². The standard InChI is InChI=1S/C11H11ClO/c1-7-4-8-6-9(12)2-3-10(8)11(13)5-7/h2-3,6-7H,4-5H2,1H3. The Balaban J connectivity index is 2.49. The van der Waals surface area contributed by atoms with E-state index in [9.17, 15) is 4.79 Å². The second-order valence-corrected chi connectivity index (χ2v) is 4.17. The Kier molecular flexibility index (Phi) is 2.12. The fraction of sp³-hybridized carbons (Fsp3) is 0.364. The highest BCUT2D eigenvalue weighted by molar-refractivity contribution is 6.30. The zero-order valence-electron chi connectivity index (χ0n) is 7.51. The van der Waals surface area contributed by atoms with Crippen molar-refractivity contribution in [2.45, 2.75) is 19.8 Å². The molecule has 1 aliphatic rings. The molecule has 0 amide bonds. The van der Waals surface area contributed by atoms with Gasteiger partial charge in [-0.15, -0.1) is 0 Å². The highest BCUT2D eigenvalue weighted by Gasteiger charge is 2.21. The zero-order valence-corrected chi connectivity index (χ0v) is 8.27. The number of benzene rings is 1. The quantitative estimate of drug-likeness (QED) is 0.620. The molecular weight excluding hydrogens is 184 g/mol. The van der Waals surface area contributed by atoms with Crippen LogP contribution in [-0.4, -0.2) is 5.78 Å². The van der Waals surface area contributed by atoms with Gasteiger partial charge in [0.25, 0.3) is 0 Å². The summed E-state index contributed by atoms with van der Waals surface area (Å²) in [5, 5.41) is 0.723. The molecule has 13 heavy (non-hydrogen) atoms. The van der Waals surface area contributed by atoms with Crippen molar-refractivity contribution in [1.82, 2.24) is 0 Å². The van der Waals surface area contributed by atoms with Gasteiger partial charge in [-0.05, 0) is 36.1 Å². The van der Waals surface area contributed by atoms with Gasteiger partial charge in [0.05, 0.1) is 0 Å². The Morgan fingerprint density at radius 1 is 1.38 bits per heavy atom. The zero-order chi connectivity index (χ0) is 9.42. The van der Waals surface area contributed by atoms with Crippen LogP contribution >= 0.6 is 11.6 Å². The summed E-state index contributed by atoms with van der Waals surface area (Å²) in [5.41, 5.74) is 1.97. The monoisotopic (exact) mass is 194 g/mol. The molecule has 1 aromatic carbocycles. The molecule has 0 aliphatic heterocycles. The number of carbonyl (C=O) groups excluding carboxylic acids is 1. The second-order valence-electron chi connectivity index (χ2n) is 3.74. The summed E-state index contributed by atoms with van der Waals surface area (Å²) in [5.74, 6) is 0.712. The minimum Gasteiger partial charge on any atom is -0.294 e. The van der Waals surface area contributed by atoms with Gasteiger partial charge in [-0.25, -0.2) is 0 Å². The van der Waals surface area contributed by atoms with E-state index in [1.165, 1.54) is 0 Å². The Labute approximate surface area is 82.7 Å². The van der Waals surface area contributed by atoms with Crippen molar-refractivity contribution in [3.8, 4) is 0 Å². The third kappa shape index (κ3) is 1.61. The smallest absolute Gasteiger partial charge is 0.163 e. The SMILES string of the molecule is CC1CC(=O)c2ccc(Cl)cc2C1. The van der Waals surface area contributed by atoms with Crippen molar-refractivity contribution >= 4 is 17.4 Å². The Hall–Kier alpha value is -0.820. The normalized spacial score (nSPS) is 21.4. The summed E-state index contributed by atoms with van der Waals surface area (Å²) in [6, 6.07) is 5.53. The molecule has 0 bridgehead atoms. The summed E-state index contributed by atoms with van der Waals surface area (Å²) in [4.78, 5) is 11.6. The first-order chi connectivity index (χ1) is 6.16. The number of hydrogen-bond acceptors (Lipinski definition) is 1. The number of hydrogen-bond donors (Lipinski definition) is 0. The number of carbonyl (C=O) groups is 1. The van der Waals surface area contributed by atoms with E-state index >= 15 is 0 Å². The van der Waals surface area contributed by atoms with Crippen LogP contribution < -0.4 is 0 Å². The third-order valence-electron chi connectivity index (χ3n) is 2.47. The van der Waals surface area contributed by atoms with Gasteiger partial charge in [-0.2, -0.15) is 0 Å². The van der Waals surface area contributed by atoms with Gasteiger partial charge in [0.2, 0.25) is 0 Å². The van der Waals surface area contributed by atoms with Gasteiger partial charge in [-0.1, -0.05) is 18.5 Å². The lowest BCUT2D eigenvalue weighted by molar-refractivity contribution is 0.0953. The molecule has 0 saturated heterocycles. The summed E-state index contributed by atoms with van der Waals surface area (Å²) in [6.07, 6.45) is 1.65. The van der Waals surface area contributed by atoms with E-state index in [4.69, 9.17) is 11.6 Å². The molecule has 0 heterocycles. The number of halogens is 1. The number of Topliss-reactive ketones (excluding diaryl/α,β-unsaturated/α-hetero) is 1. The van der Waals surface area contributed by atoms with E-state index in [-0.39, 0.29) is 5.78 Å². The number of fused-ring (bicyclic) bond motifs is 1. The Bertz CT molecular complexity index is 357. The molecule has 0 aromatic heterocycles. The third-order valence-corrected chi connectivity index (χ3v) is 2.71. The molecule has 0 saturated carbocycles.